The van der Waals surface area contributed by atoms with E-state index in [1.165, 1.54) is 18.0 Å². The molecule has 10 heteroatoms. The summed E-state index contributed by atoms with van der Waals surface area (Å²) in [6.07, 6.45) is 2.22. The van der Waals surface area contributed by atoms with Gasteiger partial charge in [0.2, 0.25) is 11.8 Å². The molecule has 4 aromatic carbocycles. The Kier molecular flexibility index (Phi) is 9.29. The summed E-state index contributed by atoms with van der Waals surface area (Å²) in [6.45, 7) is -1.77. The monoisotopic (exact) mass is 662 g/mol. The molecular formula is C37H31N2O6PS. The number of cyclic esters (lactones) is 1. The lowest BCUT2D eigenvalue weighted by Gasteiger charge is -2.45. The number of esters is 2. The van der Waals surface area contributed by atoms with Gasteiger partial charge in [0.05, 0.1) is 11.6 Å². The second-order valence-electron chi connectivity index (χ2n) is 11.1. The van der Waals surface area contributed by atoms with Gasteiger partial charge in [0.15, 0.2) is 0 Å². The van der Waals surface area contributed by atoms with Crippen molar-refractivity contribution in [1.29, 1.82) is 0 Å². The van der Waals surface area contributed by atoms with Crippen LogP contribution < -0.4 is 21.2 Å². The van der Waals surface area contributed by atoms with Crippen LogP contribution in [0.4, 0.5) is 0 Å². The van der Waals surface area contributed by atoms with Gasteiger partial charge in [-0.2, -0.15) is 0 Å². The fourth-order valence-electron chi connectivity index (χ4n) is 6.00. The number of hydrogen-bond acceptors (Lipinski definition) is 7. The lowest BCUT2D eigenvalue weighted by Crippen LogP contribution is -2.60. The first-order valence-electron chi connectivity index (χ1n) is 15.0. The van der Waals surface area contributed by atoms with E-state index >= 15 is 0 Å². The molecule has 1 saturated heterocycles. The molecule has 0 aliphatic carbocycles. The number of likely N-dealkylation sites (tertiary alicyclic amines) is 1. The quantitative estimate of drug-likeness (QED) is 0.0876. The molecule has 2 heterocycles. The van der Waals surface area contributed by atoms with Crippen molar-refractivity contribution in [2.75, 3.05) is 0 Å². The van der Waals surface area contributed by atoms with E-state index in [0.717, 1.165) is 15.9 Å². The molecule has 0 radical (unpaired) electrons. The highest BCUT2D eigenvalue weighted by Crippen LogP contribution is 2.49. The smallest absolute Gasteiger partial charge is 0.359 e. The number of hydrogen-bond donors (Lipinski definition) is 1. The fraction of sp³-hybridized carbons (Fsp3) is 0.135. The Morgan fingerprint density at radius 2 is 1.40 bits per heavy atom. The van der Waals surface area contributed by atoms with Crippen LogP contribution in [0, 0.1) is 0 Å². The van der Waals surface area contributed by atoms with E-state index in [1.54, 1.807) is 30.3 Å². The van der Waals surface area contributed by atoms with Crippen LogP contribution in [-0.2, 0) is 23.9 Å². The van der Waals surface area contributed by atoms with Gasteiger partial charge in [-0.1, -0.05) is 121 Å². The molecule has 1 fully saturated rings. The van der Waals surface area contributed by atoms with Gasteiger partial charge in [0.1, 0.15) is 5.42 Å². The molecule has 2 aliphatic rings. The van der Waals surface area contributed by atoms with Crippen LogP contribution in [0.5, 0.6) is 0 Å². The highest BCUT2D eigenvalue weighted by molar-refractivity contribution is 7.96. The maximum Gasteiger partial charge on any atom is 0.359 e. The summed E-state index contributed by atoms with van der Waals surface area (Å²) in [5.41, 5.74) is 0.914. The van der Waals surface area contributed by atoms with Crippen LogP contribution >= 0.6 is 19.1 Å². The number of amides is 2. The van der Waals surface area contributed by atoms with Gasteiger partial charge in [-0.3, -0.25) is 9.59 Å². The molecule has 8 nitrogen and oxygen atoms in total. The number of rotatable bonds is 10. The molecule has 2 amide bonds. The summed E-state index contributed by atoms with van der Waals surface area (Å²) >= 11 is 5.62. The number of ether oxygens (including phenoxy) is 2. The van der Waals surface area contributed by atoms with Gasteiger partial charge in [-0.15, -0.1) is 0 Å². The molecule has 236 valence electrons. The normalized spacial score (nSPS) is 17.0. The zero-order valence-electron chi connectivity index (χ0n) is 25.4. The average molecular weight is 663 g/mol. The SMILES string of the molecule is CC(=O)NC=CC(=S)CC1CC(=O)N1C(C(=O)OC1OC(=O)c2ccccc21)=P(c1ccccc1)(c1ccccc1)c1ccccc1. The van der Waals surface area contributed by atoms with Crippen LogP contribution in [0.2, 0.25) is 0 Å². The van der Waals surface area contributed by atoms with Crippen molar-refractivity contribution in [3.63, 3.8) is 0 Å². The average Bonchev–Trinajstić information content (AvgIpc) is 3.40. The first-order valence-corrected chi connectivity index (χ1v) is 17.2. The Hall–Kier alpha value is -5.11. The number of carbonyl (C=O) groups excluding carboxylic acids is 4. The minimum atomic E-state index is -3.16. The molecule has 0 aromatic heterocycles. The van der Waals surface area contributed by atoms with E-state index in [1.807, 2.05) is 91.0 Å². The molecule has 0 saturated carbocycles. The highest BCUT2D eigenvalue weighted by atomic mass is 32.1. The van der Waals surface area contributed by atoms with Gasteiger partial charge >= 0.3 is 11.9 Å². The molecule has 4 aromatic rings. The Labute approximate surface area is 278 Å². The number of fused-ring (bicyclic) bond motifs is 1. The summed E-state index contributed by atoms with van der Waals surface area (Å²) in [5, 5.41) is 5.08. The minimum absolute atomic E-state index is 0.157. The van der Waals surface area contributed by atoms with Gasteiger partial charge in [-0.25, -0.2) is 9.59 Å². The van der Waals surface area contributed by atoms with E-state index < -0.39 is 31.2 Å². The number of nitrogens with zero attached hydrogens (tertiary/aromatic N) is 1. The summed E-state index contributed by atoms with van der Waals surface area (Å²) in [7, 11) is 0. The molecule has 2 unspecified atom stereocenters. The minimum Gasteiger partial charge on any atom is -0.417 e. The van der Waals surface area contributed by atoms with Crippen LogP contribution in [-0.4, -0.2) is 45.0 Å². The predicted molar refractivity (Wildman–Crippen MR) is 186 cm³/mol. The van der Waals surface area contributed by atoms with Crippen molar-refractivity contribution in [3.8, 4) is 0 Å². The van der Waals surface area contributed by atoms with Crippen molar-refractivity contribution >= 4 is 69.1 Å². The molecular weight excluding hydrogens is 631 g/mol. The molecule has 1 N–H and O–H groups in total. The number of carbonyl (C=O) groups is 4. The zero-order chi connectivity index (χ0) is 33.0. The fourth-order valence-corrected chi connectivity index (χ4v) is 10.7. The van der Waals surface area contributed by atoms with Crippen molar-refractivity contribution in [2.24, 2.45) is 0 Å². The number of allylic oxidation sites excluding steroid dienone is 1. The largest absolute Gasteiger partial charge is 0.417 e. The molecule has 6 rings (SSSR count). The van der Waals surface area contributed by atoms with E-state index in [0.29, 0.717) is 16.0 Å². The third-order valence-corrected chi connectivity index (χ3v) is 12.6. The number of benzene rings is 4. The van der Waals surface area contributed by atoms with Crippen molar-refractivity contribution in [1.82, 2.24) is 10.2 Å². The molecule has 0 spiro atoms. The molecule has 2 aliphatic heterocycles. The Bertz CT molecular complexity index is 1840. The topological polar surface area (TPSA) is 102 Å². The number of thiocarbonyl (C=S) groups is 1. The highest BCUT2D eigenvalue weighted by Gasteiger charge is 2.48. The second kappa shape index (κ2) is 13.7. The maximum absolute atomic E-state index is 14.9. The zero-order valence-corrected chi connectivity index (χ0v) is 27.2. The summed E-state index contributed by atoms with van der Waals surface area (Å²) < 4.78 is 11.7. The van der Waals surface area contributed by atoms with Gasteiger partial charge in [-0.05, 0) is 28.1 Å². The third-order valence-electron chi connectivity index (χ3n) is 8.06. The summed E-state index contributed by atoms with van der Waals surface area (Å²) in [6, 6.07) is 35.2. The predicted octanol–water partition coefficient (Wildman–Crippen LogP) is 4.53. The van der Waals surface area contributed by atoms with Gasteiger partial charge in [0, 0.05) is 43.3 Å². The van der Waals surface area contributed by atoms with Crippen LogP contribution in [0.1, 0.15) is 42.0 Å². The Morgan fingerprint density at radius 3 is 1.94 bits per heavy atom. The Balaban J connectivity index is 1.60. The van der Waals surface area contributed by atoms with Crippen LogP contribution in [0.25, 0.3) is 0 Å². The molecule has 0 bridgehead atoms. The standard InChI is InChI=1S/C37H31N2O6PS/c1-25(40)38-22-21-30(47)23-26-24-33(41)39(26)34(36(43)45-37-32-20-12-11-19-31(32)35(42)44-37)46(27-13-5-2-6-14-27,28-15-7-3-8-16-28)29-17-9-4-10-18-29/h2-22,26,37H,23-24H2,1H3,(H,38,40). The first-order chi connectivity index (χ1) is 22.8. The molecule has 2 atom stereocenters. The second-order valence-corrected chi connectivity index (χ2v) is 14.9. The van der Waals surface area contributed by atoms with Crippen LogP contribution in [0.15, 0.2) is 128 Å². The van der Waals surface area contributed by atoms with Crippen molar-refractivity contribution < 1.29 is 28.7 Å². The maximum atomic E-state index is 14.9. The van der Waals surface area contributed by atoms with Crippen molar-refractivity contribution in [2.45, 2.75) is 32.1 Å². The summed E-state index contributed by atoms with van der Waals surface area (Å²) in [4.78, 5) is 54.9. The first kappa shape index (κ1) is 31.9. The van der Waals surface area contributed by atoms with E-state index in [9.17, 15) is 19.2 Å². The van der Waals surface area contributed by atoms with E-state index in [4.69, 9.17) is 21.7 Å². The molecule has 47 heavy (non-hydrogen) atoms. The number of nitrogens with one attached hydrogen (secondary N) is 1. The third kappa shape index (κ3) is 6.20. The van der Waals surface area contributed by atoms with Crippen LogP contribution in [0.3, 0.4) is 0 Å². The van der Waals surface area contributed by atoms with E-state index in [2.05, 4.69) is 5.32 Å². The summed E-state index contributed by atoms with van der Waals surface area (Å²) in [5.74, 6) is -1.86. The van der Waals surface area contributed by atoms with Gasteiger partial charge < -0.3 is 19.7 Å². The van der Waals surface area contributed by atoms with Crippen molar-refractivity contribution in [3.05, 3.63) is 139 Å². The number of β-lactam (4-membered cyclic amide) rings is 1. The Morgan fingerprint density at radius 1 is 0.872 bits per heavy atom. The van der Waals surface area contributed by atoms with Gasteiger partial charge in [0.25, 0.3) is 6.29 Å². The lowest BCUT2D eigenvalue weighted by atomic mass is 9.97. The lowest BCUT2D eigenvalue weighted by molar-refractivity contribution is -0.161. The van der Waals surface area contributed by atoms with E-state index in [-0.39, 0.29) is 30.1 Å².